The Morgan fingerprint density at radius 2 is 2.12 bits per heavy atom. The maximum atomic E-state index is 12.1. The highest BCUT2D eigenvalue weighted by molar-refractivity contribution is 7.99. The lowest BCUT2D eigenvalue weighted by atomic mass is 10.1. The summed E-state index contributed by atoms with van der Waals surface area (Å²) >= 11 is 2.88. The van der Waals surface area contributed by atoms with E-state index < -0.39 is 0 Å². The van der Waals surface area contributed by atoms with E-state index in [1.165, 1.54) is 39.2 Å². The van der Waals surface area contributed by atoms with E-state index in [9.17, 15) is 9.59 Å². The van der Waals surface area contributed by atoms with Crippen molar-refractivity contribution in [3.63, 3.8) is 0 Å². The molecule has 1 N–H and O–H groups in total. The molecule has 0 aliphatic carbocycles. The second kappa shape index (κ2) is 8.95. The molecule has 26 heavy (non-hydrogen) atoms. The normalized spacial score (nSPS) is 11.0. The average molecular weight is 389 g/mol. The van der Waals surface area contributed by atoms with E-state index >= 15 is 0 Å². The Morgan fingerprint density at radius 3 is 2.88 bits per heavy atom. The SMILES string of the molecule is CCc1nn2c(=O)cc(CSCC(=O)NCCc3ccccc3)nc2s1. The maximum absolute atomic E-state index is 12.1. The lowest BCUT2D eigenvalue weighted by Gasteiger charge is -2.05. The quantitative estimate of drug-likeness (QED) is 0.641. The molecule has 136 valence electrons. The third-order valence-corrected chi connectivity index (χ3v) is 5.72. The zero-order valence-electron chi connectivity index (χ0n) is 14.5. The van der Waals surface area contributed by atoms with E-state index in [4.69, 9.17) is 0 Å². The van der Waals surface area contributed by atoms with E-state index in [0.29, 0.717) is 28.7 Å². The molecular weight excluding hydrogens is 368 g/mol. The van der Waals surface area contributed by atoms with Crippen molar-refractivity contribution >= 4 is 34.0 Å². The van der Waals surface area contributed by atoms with Gasteiger partial charge in [0, 0.05) is 18.4 Å². The molecule has 0 aliphatic rings. The van der Waals surface area contributed by atoms with Crippen molar-refractivity contribution < 1.29 is 4.79 Å². The molecule has 3 rings (SSSR count). The molecule has 1 amide bonds. The van der Waals surface area contributed by atoms with E-state index in [2.05, 4.69) is 15.4 Å². The topological polar surface area (TPSA) is 76.4 Å². The van der Waals surface area contributed by atoms with Gasteiger partial charge in [0.15, 0.2) is 0 Å². The van der Waals surface area contributed by atoms with Crippen LogP contribution in [0.5, 0.6) is 0 Å². The smallest absolute Gasteiger partial charge is 0.275 e. The van der Waals surface area contributed by atoms with Crippen LogP contribution in [0.25, 0.3) is 4.96 Å². The summed E-state index contributed by atoms with van der Waals surface area (Å²) < 4.78 is 1.34. The predicted molar refractivity (Wildman–Crippen MR) is 106 cm³/mol. The van der Waals surface area contributed by atoms with Gasteiger partial charge in [-0.25, -0.2) is 4.98 Å². The third kappa shape index (κ3) is 4.92. The monoisotopic (exact) mass is 388 g/mol. The van der Waals surface area contributed by atoms with Gasteiger partial charge >= 0.3 is 0 Å². The van der Waals surface area contributed by atoms with Crippen molar-refractivity contribution in [3.8, 4) is 0 Å². The minimum atomic E-state index is -0.172. The van der Waals surface area contributed by atoms with Crippen LogP contribution in [0.1, 0.15) is 23.2 Å². The Hall–Kier alpha value is -2.19. The summed E-state index contributed by atoms with van der Waals surface area (Å²) in [5, 5.41) is 8.03. The summed E-state index contributed by atoms with van der Waals surface area (Å²) in [6.07, 6.45) is 1.60. The fourth-order valence-electron chi connectivity index (χ4n) is 2.40. The minimum Gasteiger partial charge on any atom is -0.355 e. The van der Waals surface area contributed by atoms with Crippen molar-refractivity contribution in [3.05, 3.63) is 63.0 Å². The average Bonchev–Trinajstić information content (AvgIpc) is 3.06. The van der Waals surface area contributed by atoms with Crippen LogP contribution in [0, 0.1) is 0 Å². The molecule has 6 nitrogen and oxygen atoms in total. The fourth-order valence-corrected chi connectivity index (χ4v) is 4.01. The number of thioether (sulfide) groups is 1. The lowest BCUT2D eigenvalue weighted by molar-refractivity contribution is -0.118. The molecule has 1 aromatic carbocycles. The van der Waals surface area contributed by atoms with Crippen LogP contribution in [0.2, 0.25) is 0 Å². The second-order valence-corrected chi connectivity index (χ2v) is 7.73. The lowest BCUT2D eigenvalue weighted by Crippen LogP contribution is -2.27. The molecule has 0 spiro atoms. The molecule has 0 aliphatic heterocycles. The van der Waals surface area contributed by atoms with Crippen molar-refractivity contribution in [1.29, 1.82) is 0 Å². The van der Waals surface area contributed by atoms with Crippen LogP contribution in [-0.2, 0) is 23.4 Å². The summed E-state index contributed by atoms with van der Waals surface area (Å²) in [5.74, 6) is 0.866. The molecule has 0 saturated carbocycles. The van der Waals surface area contributed by atoms with Crippen LogP contribution < -0.4 is 10.9 Å². The highest BCUT2D eigenvalue weighted by atomic mass is 32.2. The Balaban J connectivity index is 1.46. The number of carbonyl (C=O) groups is 1. The Labute approximate surface area is 159 Å². The van der Waals surface area contributed by atoms with Crippen LogP contribution in [0.4, 0.5) is 0 Å². The van der Waals surface area contributed by atoms with E-state index in [1.54, 1.807) is 0 Å². The second-order valence-electron chi connectivity index (χ2n) is 5.71. The fraction of sp³-hybridized carbons (Fsp3) is 0.333. The van der Waals surface area contributed by atoms with E-state index in [-0.39, 0.29) is 11.5 Å². The number of hydrogen-bond acceptors (Lipinski definition) is 6. The number of aryl methyl sites for hydroxylation is 1. The van der Waals surface area contributed by atoms with Crippen molar-refractivity contribution in [2.45, 2.75) is 25.5 Å². The zero-order valence-corrected chi connectivity index (χ0v) is 16.1. The van der Waals surface area contributed by atoms with Gasteiger partial charge < -0.3 is 5.32 Å². The number of nitrogens with one attached hydrogen (secondary N) is 1. The number of amides is 1. The van der Waals surface area contributed by atoms with E-state index in [0.717, 1.165) is 17.8 Å². The first kappa shape index (κ1) is 18.6. The number of rotatable bonds is 8. The molecule has 2 aromatic heterocycles. The molecule has 2 heterocycles. The summed E-state index contributed by atoms with van der Waals surface area (Å²) in [6, 6.07) is 11.5. The van der Waals surface area contributed by atoms with Gasteiger partial charge in [0.1, 0.15) is 5.01 Å². The Morgan fingerprint density at radius 1 is 1.31 bits per heavy atom. The molecule has 0 fully saturated rings. The van der Waals surface area contributed by atoms with Crippen LogP contribution >= 0.6 is 23.1 Å². The van der Waals surface area contributed by atoms with Gasteiger partial charge in [0.25, 0.3) is 5.56 Å². The number of benzene rings is 1. The first-order chi connectivity index (χ1) is 12.7. The number of nitrogens with zero attached hydrogens (tertiary/aromatic N) is 3. The molecule has 0 atom stereocenters. The van der Waals surface area contributed by atoms with Crippen molar-refractivity contribution in [2.75, 3.05) is 12.3 Å². The van der Waals surface area contributed by atoms with Crippen molar-refractivity contribution in [2.24, 2.45) is 0 Å². The molecule has 0 radical (unpaired) electrons. The van der Waals surface area contributed by atoms with Crippen LogP contribution in [0.3, 0.4) is 0 Å². The molecule has 0 unspecified atom stereocenters. The molecular formula is C18H20N4O2S2. The van der Waals surface area contributed by atoms with Crippen LogP contribution in [0.15, 0.2) is 41.2 Å². The first-order valence-corrected chi connectivity index (χ1v) is 10.4. The van der Waals surface area contributed by atoms with Gasteiger partial charge in [-0.2, -0.15) is 9.61 Å². The highest BCUT2D eigenvalue weighted by Gasteiger charge is 2.09. The van der Waals surface area contributed by atoms with Crippen molar-refractivity contribution in [1.82, 2.24) is 19.9 Å². The zero-order chi connectivity index (χ0) is 18.4. The van der Waals surface area contributed by atoms with E-state index in [1.807, 2.05) is 37.3 Å². The molecule has 0 saturated heterocycles. The number of aromatic nitrogens is 3. The van der Waals surface area contributed by atoms with Gasteiger partial charge in [0.05, 0.1) is 11.4 Å². The van der Waals surface area contributed by atoms with Gasteiger partial charge in [0.2, 0.25) is 10.9 Å². The van der Waals surface area contributed by atoms with Gasteiger partial charge in [-0.05, 0) is 18.4 Å². The highest BCUT2D eigenvalue weighted by Crippen LogP contribution is 2.14. The molecule has 0 bridgehead atoms. The Bertz CT molecular complexity index is 937. The molecule has 3 aromatic rings. The summed E-state index contributed by atoms with van der Waals surface area (Å²) in [6.45, 7) is 2.62. The summed E-state index contributed by atoms with van der Waals surface area (Å²) in [5.41, 5.74) is 1.71. The molecule has 8 heteroatoms. The number of hydrogen-bond donors (Lipinski definition) is 1. The summed E-state index contributed by atoms with van der Waals surface area (Å²) in [4.78, 5) is 29.1. The standard InChI is InChI=1S/C18H20N4O2S2/c1-2-16-21-22-17(24)10-14(20-18(22)26-16)11-25-12-15(23)19-9-8-13-6-4-3-5-7-13/h3-7,10H,2,8-9,11-12H2,1H3,(H,19,23). The van der Waals surface area contributed by atoms with Gasteiger partial charge in [-0.15, -0.1) is 11.8 Å². The predicted octanol–water partition coefficient (Wildman–Crippen LogP) is 2.31. The number of carbonyl (C=O) groups excluding carboxylic acids is 1. The van der Waals surface area contributed by atoms with Crippen LogP contribution in [-0.4, -0.2) is 32.8 Å². The maximum Gasteiger partial charge on any atom is 0.275 e. The third-order valence-electron chi connectivity index (χ3n) is 3.70. The number of fused-ring (bicyclic) bond motifs is 1. The summed E-state index contributed by atoms with van der Waals surface area (Å²) in [7, 11) is 0. The van der Waals surface area contributed by atoms with Gasteiger partial charge in [-0.3, -0.25) is 9.59 Å². The minimum absolute atomic E-state index is 0.00482. The first-order valence-electron chi connectivity index (χ1n) is 8.42. The largest absolute Gasteiger partial charge is 0.355 e. The van der Waals surface area contributed by atoms with Gasteiger partial charge in [-0.1, -0.05) is 48.6 Å². The Kier molecular flexibility index (Phi) is 6.40.